The van der Waals surface area contributed by atoms with E-state index in [4.69, 9.17) is 0 Å². The van der Waals surface area contributed by atoms with Crippen LogP contribution in [0.25, 0.3) is 0 Å². The summed E-state index contributed by atoms with van der Waals surface area (Å²) in [5.41, 5.74) is -1.52. The van der Waals surface area contributed by atoms with Crippen molar-refractivity contribution in [3.8, 4) is 0 Å². The smallest absolute Gasteiger partial charge is 0.137 e. The van der Waals surface area contributed by atoms with Gasteiger partial charge in [-0.15, -0.1) is 0 Å². The Morgan fingerprint density at radius 1 is 1.35 bits per heavy atom. The molecule has 0 amide bonds. The Kier molecular flexibility index (Phi) is 6.26. The van der Waals surface area contributed by atoms with Gasteiger partial charge < -0.3 is 5.11 Å². The summed E-state index contributed by atoms with van der Waals surface area (Å²) in [6, 6.07) is 3.66. The van der Waals surface area contributed by atoms with Crippen LogP contribution in [0.1, 0.15) is 44.6 Å². The average molecular weight is 382 g/mol. The second kappa shape index (κ2) is 8.45. The van der Waals surface area contributed by atoms with Crippen molar-refractivity contribution in [3.63, 3.8) is 0 Å². The van der Waals surface area contributed by atoms with Crippen molar-refractivity contribution in [2.24, 2.45) is 0 Å². The molecule has 1 saturated carbocycles. The van der Waals surface area contributed by atoms with Gasteiger partial charge in [-0.05, 0) is 25.8 Å². The predicted octanol–water partition coefficient (Wildman–Crippen LogP) is 3.40. The highest BCUT2D eigenvalue weighted by atomic mass is 32.2. The minimum atomic E-state index is -1.57. The van der Waals surface area contributed by atoms with Crippen LogP contribution in [0, 0.1) is 11.6 Å². The normalized spacial score (nSPS) is 19.2. The summed E-state index contributed by atoms with van der Waals surface area (Å²) in [4.78, 5) is 3.88. The molecule has 5 nitrogen and oxygen atoms in total. The van der Waals surface area contributed by atoms with Gasteiger partial charge in [0.1, 0.15) is 29.9 Å². The van der Waals surface area contributed by atoms with Gasteiger partial charge in [0.05, 0.1) is 11.8 Å². The van der Waals surface area contributed by atoms with E-state index >= 15 is 0 Å². The van der Waals surface area contributed by atoms with Crippen molar-refractivity contribution < 1.29 is 13.9 Å². The predicted molar refractivity (Wildman–Crippen MR) is 97.3 cm³/mol. The third-order valence-electron chi connectivity index (χ3n) is 4.96. The van der Waals surface area contributed by atoms with Gasteiger partial charge in [-0.3, -0.25) is 4.72 Å². The van der Waals surface area contributed by atoms with Gasteiger partial charge in [0, 0.05) is 17.7 Å². The number of nitrogens with zero attached hydrogens (tertiary/aromatic N) is 3. The number of benzene rings is 1. The van der Waals surface area contributed by atoms with Crippen LogP contribution in [-0.4, -0.2) is 31.2 Å². The van der Waals surface area contributed by atoms with Crippen molar-refractivity contribution in [3.05, 3.63) is 48.1 Å². The molecule has 1 heterocycles. The van der Waals surface area contributed by atoms with E-state index in [2.05, 4.69) is 14.8 Å². The molecule has 1 aromatic heterocycles. The number of nitrogens with one attached hydrogen (secondary N) is 1. The highest BCUT2D eigenvalue weighted by molar-refractivity contribution is 7.98. The molecule has 0 radical (unpaired) electrons. The molecule has 2 atom stereocenters. The van der Waals surface area contributed by atoms with Crippen LogP contribution < -0.4 is 4.72 Å². The Bertz CT molecular complexity index is 709. The maximum absolute atomic E-state index is 14.5. The molecular formula is C18H24F2N4OS. The number of hydrogen-bond donors (Lipinski definition) is 2. The molecule has 142 valence electrons. The Hall–Kier alpha value is -1.51. The molecule has 8 heteroatoms. The average Bonchev–Trinajstić information content (AvgIpc) is 3.13. The minimum absolute atomic E-state index is 0.0239. The first-order valence-electron chi connectivity index (χ1n) is 8.90. The van der Waals surface area contributed by atoms with Gasteiger partial charge in [0.25, 0.3) is 0 Å². The molecule has 1 aliphatic rings. The largest absolute Gasteiger partial charge is 0.382 e. The van der Waals surface area contributed by atoms with Gasteiger partial charge >= 0.3 is 0 Å². The van der Waals surface area contributed by atoms with Gasteiger partial charge in [-0.25, -0.2) is 18.4 Å². The van der Waals surface area contributed by atoms with E-state index in [1.807, 2.05) is 6.92 Å². The zero-order chi connectivity index (χ0) is 18.6. The first-order valence-corrected chi connectivity index (χ1v) is 9.78. The van der Waals surface area contributed by atoms with Crippen LogP contribution >= 0.6 is 11.9 Å². The van der Waals surface area contributed by atoms with E-state index < -0.39 is 22.5 Å². The number of aliphatic hydroxyl groups is 1. The van der Waals surface area contributed by atoms with E-state index in [1.165, 1.54) is 54.6 Å². The molecule has 2 N–H and O–H groups in total. The van der Waals surface area contributed by atoms with Crippen molar-refractivity contribution in [2.45, 2.75) is 62.5 Å². The quantitative estimate of drug-likeness (QED) is 0.719. The van der Waals surface area contributed by atoms with Gasteiger partial charge in [-0.1, -0.05) is 37.3 Å². The summed E-state index contributed by atoms with van der Waals surface area (Å²) in [5.74, 6) is -1.44. The fourth-order valence-corrected chi connectivity index (χ4v) is 4.38. The fourth-order valence-electron chi connectivity index (χ4n) is 3.35. The lowest BCUT2D eigenvalue weighted by Gasteiger charge is -2.35. The van der Waals surface area contributed by atoms with E-state index in [0.717, 1.165) is 25.0 Å². The van der Waals surface area contributed by atoms with Crippen molar-refractivity contribution >= 4 is 11.9 Å². The second-order valence-electron chi connectivity index (χ2n) is 6.85. The number of rotatable bonds is 7. The summed E-state index contributed by atoms with van der Waals surface area (Å²) in [7, 11) is 0. The molecule has 1 aliphatic carbocycles. The molecule has 1 aromatic carbocycles. The second-order valence-corrected chi connectivity index (χ2v) is 8.03. The molecule has 0 spiro atoms. The maximum atomic E-state index is 14.5. The Balaban J connectivity index is 1.81. The highest BCUT2D eigenvalue weighted by Crippen LogP contribution is 2.36. The lowest BCUT2D eigenvalue weighted by molar-refractivity contribution is 0.0131. The summed E-state index contributed by atoms with van der Waals surface area (Å²) < 4.78 is 32.7. The van der Waals surface area contributed by atoms with Crippen molar-refractivity contribution in [1.82, 2.24) is 19.5 Å². The highest BCUT2D eigenvalue weighted by Gasteiger charge is 2.40. The van der Waals surface area contributed by atoms with Crippen LogP contribution in [0.3, 0.4) is 0 Å². The monoisotopic (exact) mass is 382 g/mol. The minimum Gasteiger partial charge on any atom is -0.382 e. The summed E-state index contributed by atoms with van der Waals surface area (Å²) >= 11 is 1.40. The third-order valence-corrected chi connectivity index (χ3v) is 6.17. The Morgan fingerprint density at radius 3 is 2.77 bits per heavy atom. The lowest BCUT2D eigenvalue weighted by atomic mass is 9.90. The molecule has 0 unspecified atom stereocenters. The molecule has 3 rings (SSSR count). The molecule has 26 heavy (non-hydrogen) atoms. The number of halogens is 2. The van der Waals surface area contributed by atoms with Gasteiger partial charge in [0.2, 0.25) is 0 Å². The van der Waals surface area contributed by atoms with E-state index in [0.29, 0.717) is 6.04 Å². The molecule has 2 aromatic rings. The van der Waals surface area contributed by atoms with Crippen LogP contribution in [0.15, 0.2) is 30.9 Å². The Labute approximate surface area is 156 Å². The van der Waals surface area contributed by atoms with Crippen LogP contribution in [0.5, 0.6) is 0 Å². The third kappa shape index (κ3) is 4.42. The lowest BCUT2D eigenvalue weighted by Crippen LogP contribution is -2.43. The fraction of sp³-hybridized carbons (Fsp3) is 0.556. The molecule has 0 bridgehead atoms. The molecule has 0 saturated heterocycles. The first kappa shape index (κ1) is 19.3. The molecule has 0 aliphatic heterocycles. The van der Waals surface area contributed by atoms with E-state index in [-0.39, 0.29) is 12.1 Å². The number of aromatic nitrogens is 3. The van der Waals surface area contributed by atoms with Gasteiger partial charge in [-0.2, -0.15) is 5.10 Å². The van der Waals surface area contributed by atoms with Crippen LogP contribution in [0.4, 0.5) is 8.78 Å². The standard InChI is InChI=1S/C18H24F2N4OS/c1-13(26-23-15-5-3-2-4-6-15)18(25,10-24-12-21-11-22-24)16-8-7-14(19)9-17(16)20/h7-9,11-13,15,23,25H,2-6,10H2,1H3/t13-,18-/m1/s1. The van der Waals surface area contributed by atoms with Gasteiger partial charge in [0.15, 0.2) is 0 Å². The van der Waals surface area contributed by atoms with Crippen molar-refractivity contribution in [2.75, 3.05) is 0 Å². The summed E-state index contributed by atoms with van der Waals surface area (Å²) in [5, 5.41) is 15.0. The molecule has 1 fully saturated rings. The zero-order valence-corrected chi connectivity index (χ0v) is 15.6. The Morgan fingerprint density at radius 2 is 2.12 bits per heavy atom. The summed E-state index contributed by atoms with van der Waals surface area (Å²) in [6.07, 6.45) is 8.69. The number of hydrogen-bond acceptors (Lipinski definition) is 5. The van der Waals surface area contributed by atoms with Crippen LogP contribution in [-0.2, 0) is 12.1 Å². The molecular weight excluding hydrogens is 358 g/mol. The van der Waals surface area contributed by atoms with Crippen molar-refractivity contribution in [1.29, 1.82) is 0 Å². The first-order chi connectivity index (χ1) is 12.5. The maximum Gasteiger partial charge on any atom is 0.137 e. The zero-order valence-electron chi connectivity index (χ0n) is 14.7. The van der Waals surface area contributed by atoms with E-state index in [9.17, 15) is 13.9 Å². The van der Waals surface area contributed by atoms with E-state index in [1.54, 1.807) is 0 Å². The van der Waals surface area contributed by atoms with Crippen LogP contribution in [0.2, 0.25) is 0 Å². The topological polar surface area (TPSA) is 63.0 Å². The summed E-state index contributed by atoms with van der Waals surface area (Å²) in [6.45, 7) is 1.86. The SMILES string of the molecule is C[C@@H](SNC1CCCCC1)[C@](O)(Cn1cncn1)c1ccc(F)cc1F.